The van der Waals surface area contributed by atoms with Gasteiger partial charge in [-0.3, -0.25) is 24.0 Å². The van der Waals surface area contributed by atoms with Crippen molar-refractivity contribution in [1.82, 2.24) is 23.5 Å². The lowest BCUT2D eigenvalue weighted by atomic mass is 10.1. The Kier molecular flexibility index (Phi) is 16.4. The van der Waals surface area contributed by atoms with Crippen molar-refractivity contribution < 1.29 is 57.7 Å². The Bertz CT molecular complexity index is 3390. The summed E-state index contributed by atoms with van der Waals surface area (Å²) in [4.78, 5) is 119. The molecule has 0 saturated heterocycles. The molecule has 0 bridgehead atoms. The lowest BCUT2D eigenvalue weighted by Gasteiger charge is -2.19. The third kappa shape index (κ3) is 10.1. The number of ether oxygens (including phenoxy) is 3. The molecule has 3 aromatic carbocycles. The Hall–Kier alpha value is -8.00. The van der Waals surface area contributed by atoms with Crippen molar-refractivity contribution in [2.45, 2.75) is 98.3 Å². The molecule has 0 spiro atoms. The minimum absolute atomic E-state index is 0.0159. The normalized spacial score (nSPS) is 13.6. The number of amides is 5. The average Bonchev–Trinajstić information content (AvgIpc) is 4.45. The molecule has 78 heavy (non-hydrogen) atoms. The van der Waals surface area contributed by atoms with E-state index in [9.17, 15) is 38.7 Å². The Balaban J connectivity index is 1.02. The van der Waals surface area contributed by atoms with Crippen LogP contribution in [0.5, 0.6) is 0 Å². The number of unbranched alkanes of at least 4 members (excludes halogenated alkanes) is 5. The number of aliphatic hydroxyl groups excluding tert-OH is 1. The van der Waals surface area contributed by atoms with Crippen LogP contribution in [0.4, 0.5) is 31.4 Å². The molecule has 0 fully saturated rings. The Morgan fingerprint density at radius 3 is 1.31 bits per heavy atom. The molecule has 3 aliphatic rings. The summed E-state index contributed by atoms with van der Waals surface area (Å²) >= 11 is 0. The van der Waals surface area contributed by atoms with E-state index in [1.807, 2.05) is 6.07 Å². The van der Waals surface area contributed by atoms with Gasteiger partial charge in [0.2, 0.25) is 11.8 Å². The maximum atomic E-state index is 15.0. The van der Waals surface area contributed by atoms with Crippen molar-refractivity contribution in [2.24, 2.45) is 0 Å². The van der Waals surface area contributed by atoms with E-state index in [0.717, 1.165) is 48.9 Å². The summed E-state index contributed by atoms with van der Waals surface area (Å²) < 4.78 is 20.3. The summed E-state index contributed by atoms with van der Waals surface area (Å²) in [6, 6.07) is 15.4. The monoisotopic (exact) mass is 1070 g/mol. The van der Waals surface area contributed by atoms with Gasteiger partial charge in [-0.25, -0.2) is 28.1 Å². The standard InChI is InChI=1S/C58H68N8O12/c1-7-76-56(73)64-46-22-19-44-38(40(46)33-49(64)53(70)60(6)28-15-11-10-14-27-59(5)36(4)68)25-30-62(44)55(72)51-35-42-39-26-31-63(45(39)20-23-48(42)66(51)58(75)78-9-3)54(71)50-34-41-37-24-29-61(52(69)17-13-12-16-32-67)43(37)18-21-47(41)65(50)57(74)77-8-2/h18-23,33-35,67H,7-17,24-32H2,1-6H3. The molecule has 0 unspecified atom stereocenters. The predicted octanol–water partition coefficient (Wildman–Crippen LogP) is 8.52. The van der Waals surface area contributed by atoms with Crippen molar-refractivity contribution >= 4 is 97.6 Å². The van der Waals surface area contributed by atoms with Gasteiger partial charge in [0.25, 0.3) is 17.7 Å². The molecule has 6 heterocycles. The van der Waals surface area contributed by atoms with Crippen LogP contribution in [0.1, 0.15) is 127 Å². The molecule has 0 radical (unpaired) electrons. The van der Waals surface area contributed by atoms with Crippen LogP contribution in [0.2, 0.25) is 0 Å². The molecule has 3 aromatic heterocycles. The highest BCUT2D eigenvalue weighted by Crippen LogP contribution is 2.42. The molecule has 0 aliphatic carbocycles. The van der Waals surface area contributed by atoms with E-state index in [2.05, 4.69) is 0 Å². The highest BCUT2D eigenvalue weighted by Gasteiger charge is 2.38. The topological polar surface area (TPSA) is 215 Å². The summed E-state index contributed by atoms with van der Waals surface area (Å²) in [6.45, 7) is 8.88. The van der Waals surface area contributed by atoms with Gasteiger partial charge in [-0.15, -0.1) is 0 Å². The van der Waals surface area contributed by atoms with Crippen molar-refractivity contribution in [3.05, 3.63) is 88.4 Å². The first kappa shape index (κ1) is 54.8. The van der Waals surface area contributed by atoms with Crippen molar-refractivity contribution in [3.8, 4) is 0 Å². The summed E-state index contributed by atoms with van der Waals surface area (Å²) in [5.41, 5.74) is 5.72. The number of carbonyl (C=O) groups excluding carboxylic acids is 8. The second-order valence-electron chi connectivity index (χ2n) is 20.0. The van der Waals surface area contributed by atoms with Gasteiger partial charge in [-0.05, 0) is 137 Å². The summed E-state index contributed by atoms with van der Waals surface area (Å²) in [5.74, 6) is -1.32. The number of carbonyl (C=O) groups is 8. The Morgan fingerprint density at radius 2 is 0.885 bits per heavy atom. The lowest BCUT2D eigenvalue weighted by molar-refractivity contribution is -0.127. The number of hydrogen-bond acceptors (Lipinski definition) is 12. The van der Waals surface area contributed by atoms with E-state index >= 15 is 4.79 Å². The first-order valence-corrected chi connectivity index (χ1v) is 27.2. The molecule has 20 heteroatoms. The number of rotatable bonds is 18. The maximum absolute atomic E-state index is 15.0. The van der Waals surface area contributed by atoms with Crippen molar-refractivity contribution in [1.29, 1.82) is 0 Å². The minimum Gasteiger partial charge on any atom is -0.449 e. The third-order valence-corrected chi connectivity index (χ3v) is 15.3. The zero-order valence-electron chi connectivity index (χ0n) is 45.4. The van der Waals surface area contributed by atoms with Crippen LogP contribution >= 0.6 is 0 Å². The minimum atomic E-state index is -0.760. The van der Waals surface area contributed by atoms with Gasteiger partial charge in [0.15, 0.2) is 0 Å². The fourth-order valence-corrected chi connectivity index (χ4v) is 11.4. The second kappa shape index (κ2) is 23.3. The highest BCUT2D eigenvalue weighted by atomic mass is 16.6. The van der Waals surface area contributed by atoms with E-state index in [4.69, 9.17) is 14.2 Å². The molecule has 1 N–H and O–H groups in total. The number of benzene rings is 3. The second-order valence-corrected chi connectivity index (χ2v) is 20.0. The van der Waals surface area contributed by atoms with E-state index in [-0.39, 0.29) is 74.3 Å². The molecule has 20 nitrogen and oxygen atoms in total. The van der Waals surface area contributed by atoms with Gasteiger partial charge < -0.3 is 43.8 Å². The number of fused-ring (bicyclic) bond motifs is 9. The van der Waals surface area contributed by atoms with Crippen LogP contribution in [0.3, 0.4) is 0 Å². The van der Waals surface area contributed by atoms with Crippen molar-refractivity contribution in [2.75, 3.05) is 87.9 Å². The fourth-order valence-electron chi connectivity index (χ4n) is 11.4. The molecule has 0 saturated carbocycles. The largest absolute Gasteiger partial charge is 0.449 e. The number of hydrogen-bond donors (Lipinski definition) is 1. The van der Waals surface area contributed by atoms with Crippen LogP contribution in [-0.2, 0) is 43.1 Å². The Morgan fingerprint density at radius 1 is 0.500 bits per heavy atom. The number of aliphatic hydroxyl groups is 1. The summed E-state index contributed by atoms with van der Waals surface area (Å²) in [5, 5.41) is 11.0. The van der Waals surface area contributed by atoms with Gasteiger partial charge in [0, 0.05) is 100.0 Å². The van der Waals surface area contributed by atoms with Gasteiger partial charge >= 0.3 is 18.3 Å². The lowest BCUT2D eigenvalue weighted by Crippen LogP contribution is -2.32. The van der Waals surface area contributed by atoms with Crippen LogP contribution in [0.25, 0.3) is 32.7 Å². The van der Waals surface area contributed by atoms with Crippen LogP contribution < -0.4 is 14.7 Å². The smallest absolute Gasteiger partial charge is 0.419 e. The van der Waals surface area contributed by atoms with E-state index in [1.54, 1.807) is 108 Å². The zero-order chi connectivity index (χ0) is 55.5. The molecule has 3 aliphatic heterocycles. The average molecular weight is 1070 g/mol. The first-order chi connectivity index (χ1) is 37.6. The molecular weight excluding hydrogens is 1000 g/mol. The van der Waals surface area contributed by atoms with Crippen LogP contribution in [0, 0.1) is 0 Å². The zero-order valence-corrected chi connectivity index (χ0v) is 45.4. The third-order valence-electron chi connectivity index (χ3n) is 15.3. The fraction of sp³-hybridized carbons (Fsp3) is 0.448. The van der Waals surface area contributed by atoms with Crippen LogP contribution in [0.15, 0.2) is 54.6 Å². The quantitative estimate of drug-likeness (QED) is 0.0633. The summed E-state index contributed by atoms with van der Waals surface area (Å²) in [6.07, 6.45) is 4.78. The number of anilines is 3. The van der Waals surface area contributed by atoms with Gasteiger partial charge in [-0.1, -0.05) is 19.3 Å². The molecular formula is C58H68N8O12. The first-order valence-electron chi connectivity index (χ1n) is 27.2. The van der Waals surface area contributed by atoms with E-state index in [1.165, 1.54) is 20.6 Å². The summed E-state index contributed by atoms with van der Waals surface area (Å²) in [7, 11) is 3.47. The molecule has 6 aromatic rings. The van der Waals surface area contributed by atoms with Gasteiger partial charge in [0.05, 0.1) is 36.4 Å². The SMILES string of the molecule is CCOC(=O)n1c(C(=O)N2CCc3c2ccc2c3cc(C(=O)N3CCc4c3ccc3c4cc(C(=O)N(C)CCCCCCN(C)C(C)=O)n3C(=O)OCC)n2C(=O)OCC)cc2c3c(ccc21)N(C(=O)CCCCCO)CC3. The maximum Gasteiger partial charge on any atom is 0.419 e. The predicted molar refractivity (Wildman–Crippen MR) is 294 cm³/mol. The van der Waals surface area contributed by atoms with Crippen molar-refractivity contribution in [3.63, 3.8) is 0 Å². The highest BCUT2D eigenvalue weighted by molar-refractivity contribution is 6.17. The number of aromatic nitrogens is 3. The molecule has 5 amide bonds. The van der Waals surface area contributed by atoms with E-state index < -0.39 is 30.1 Å². The van der Waals surface area contributed by atoms with E-state index in [0.29, 0.717) is 108 Å². The van der Waals surface area contributed by atoms with Crippen LogP contribution in [-0.4, -0.2) is 150 Å². The Labute approximate surface area is 451 Å². The van der Waals surface area contributed by atoms with Gasteiger partial charge in [-0.2, -0.15) is 0 Å². The molecule has 0 atom stereocenters. The molecule has 9 rings (SSSR count). The van der Waals surface area contributed by atoms with Gasteiger partial charge in [0.1, 0.15) is 17.1 Å². The molecule has 412 valence electrons. The number of nitrogens with zero attached hydrogens (tertiary/aromatic N) is 8.